The highest BCUT2D eigenvalue weighted by molar-refractivity contribution is 7.26. The minimum atomic E-state index is -0.435. The van der Waals surface area contributed by atoms with Crippen molar-refractivity contribution in [1.82, 2.24) is 0 Å². The summed E-state index contributed by atoms with van der Waals surface area (Å²) in [7, 11) is 0. The van der Waals surface area contributed by atoms with Crippen molar-refractivity contribution in [2.75, 3.05) is 4.90 Å². The van der Waals surface area contributed by atoms with E-state index in [0.717, 1.165) is 11.4 Å². The van der Waals surface area contributed by atoms with E-state index in [1.165, 1.54) is 79.4 Å². The van der Waals surface area contributed by atoms with E-state index in [0.29, 0.717) is 0 Å². The van der Waals surface area contributed by atoms with Crippen molar-refractivity contribution in [3.63, 3.8) is 0 Å². The van der Waals surface area contributed by atoms with Crippen molar-refractivity contribution in [2.45, 2.75) is 5.41 Å². The maximum atomic E-state index is 2.48. The van der Waals surface area contributed by atoms with Crippen molar-refractivity contribution in [3.8, 4) is 11.1 Å². The number of thiophene rings is 2. The molecule has 2 aromatic heterocycles. The Hall–Kier alpha value is -6.00. The first kappa shape index (κ1) is 29.7. The fourth-order valence-electron chi connectivity index (χ4n) is 8.80. The fraction of sp³-hybridized carbons (Fsp3) is 0.0204. The van der Waals surface area contributed by atoms with E-state index in [9.17, 15) is 0 Å². The zero-order valence-corrected chi connectivity index (χ0v) is 29.8. The van der Waals surface area contributed by atoms with Gasteiger partial charge in [0.2, 0.25) is 0 Å². The summed E-state index contributed by atoms with van der Waals surface area (Å²) < 4.78 is 5.23. The summed E-state index contributed by atoms with van der Waals surface area (Å²) in [5, 5.41) is 5.19. The average Bonchev–Trinajstić information content (AvgIpc) is 3.87. The molecule has 0 bridgehead atoms. The summed E-state index contributed by atoms with van der Waals surface area (Å²) in [6.45, 7) is 0. The third-order valence-corrected chi connectivity index (χ3v) is 13.2. The Bertz CT molecular complexity index is 2920. The molecule has 52 heavy (non-hydrogen) atoms. The molecule has 0 atom stereocenters. The lowest BCUT2D eigenvalue weighted by Gasteiger charge is -2.34. The molecule has 0 aliphatic heterocycles. The van der Waals surface area contributed by atoms with Crippen LogP contribution in [0.3, 0.4) is 0 Å². The maximum Gasteiger partial charge on any atom is 0.0713 e. The molecule has 0 N–H and O–H groups in total. The topological polar surface area (TPSA) is 3.24 Å². The molecule has 10 aromatic rings. The van der Waals surface area contributed by atoms with Crippen LogP contribution in [0.1, 0.15) is 22.3 Å². The van der Waals surface area contributed by atoms with Gasteiger partial charge < -0.3 is 4.90 Å². The molecule has 0 spiro atoms. The first-order valence-corrected chi connectivity index (χ1v) is 19.4. The third kappa shape index (κ3) is 4.21. The molecule has 0 saturated carbocycles. The van der Waals surface area contributed by atoms with Crippen LogP contribution in [0, 0.1) is 0 Å². The standard InChI is InChI=1S/C49H31NS2/c1-2-13-32(14-3-1)49(41-19-8-4-15-36(41)37-16-5-9-20-42(37)49)33-25-27-34(28-26-33)50(35-29-30-46-40(31-35)38-17-6-10-22-44(38)51-46)43-21-12-24-47-48(43)39-18-7-11-23-45(39)52-47/h1-31H. The van der Waals surface area contributed by atoms with Crippen molar-refractivity contribution < 1.29 is 0 Å². The van der Waals surface area contributed by atoms with Gasteiger partial charge in [-0.2, -0.15) is 0 Å². The van der Waals surface area contributed by atoms with E-state index in [4.69, 9.17) is 0 Å². The molecule has 2 heterocycles. The van der Waals surface area contributed by atoms with Crippen molar-refractivity contribution in [2.24, 2.45) is 0 Å². The Kier molecular flexibility index (Phi) is 6.57. The van der Waals surface area contributed by atoms with E-state index in [-0.39, 0.29) is 0 Å². The molecule has 244 valence electrons. The van der Waals surface area contributed by atoms with Crippen LogP contribution < -0.4 is 4.90 Å². The Balaban J connectivity index is 1.16. The zero-order valence-electron chi connectivity index (χ0n) is 28.2. The van der Waals surface area contributed by atoms with Gasteiger partial charge >= 0.3 is 0 Å². The van der Waals surface area contributed by atoms with E-state index in [1.54, 1.807) is 0 Å². The van der Waals surface area contributed by atoms with Crippen molar-refractivity contribution in [3.05, 3.63) is 210 Å². The van der Waals surface area contributed by atoms with Gasteiger partial charge in [0.15, 0.2) is 0 Å². The second kappa shape index (κ2) is 11.5. The molecular weight excluding hydrogens is 667 g/mol. The third-order valence-electron chi connectivity index (χ3n) is 11.0. The number of anilines is 3. The number of rotatable bonds is 5. The van der Waals surface area contributed by atoms with Gasteiger partial charge in [-0.25, -0.2) is 0 Å². The lowest BCUT2D eigenvalue weighted by atomic mass is 9.68. The van der Waals surface area contributed by atoms with Crippen LogP contribution in [0.4, 0.5) is 17.1 Å². The molecule has 1 aliphatic carbocycles. The highest BCUT2D eigenvalue weighted by Crippen LogP contribution is 2.56. The smallest absolute Gasteiger partial charge is 0.0713 e. The van der Waals surface area contributed by atoms with Gasteiger partial charge in [-0.3, -0.25) is 0 Å². The molecule has 3 heteroatoms. The summed E-state index contributed by atoms with van der Waals surface area (Å²) in [6.07, 6.45) is 0. The van der Waals surface area contributed by atoms with Crippen LogP contribution in [0.2, 0.25) is 0 Å². The monoisotopic (exact) mass is 697 g/mol. The SMILES string of the molecule is c1ccc(C2(c3ccc(N(c4ccc5sc6ccccc6c5c4)c4cccc5sc6ccccc6c45)cc3)c3ccccc3-c3ccccc32)cc1. The molecule has 0 radical (unpaired) electrons. The lowest BCUT2D eigenvalue weighted by molar-refractivity contribution is 0.768. The normalized spacial score (nSPS) is 13.2. The van der Waals surface area contributed by atoms with Gasteiger partial charge in [-0.15, -0.1) is 22.7 Å². The highest BCUT2D eigenvalue weighted by Gasteiger charge is 2.45. The Labute approximate surface area is 310 Å². The minimum absolute atomic E-state index is 0.435. The quantitative estimate of drug-likeness (QED) is 0.173. The largest absolute Gasteiger partial charge is 0.310 e. The molecule has 0 unspecified atom stereocenters. The van der Waals surface area contributed by atoms with Crippen LogP contribution in [0.5, 0.6) is 0 Å². The maximum absolute atomic E-state index is 2.48. The fourth-order valence-corrected chi connectivity index (χ4v) is 11.0. The van der Waals surface area contributed by atoms with Gasteiger partial charge in [0.25, 0.3) is 0 Å². The number of benzene rings is 8. The highest BCUT2D eigenvalue weighted by atomic mass is 32.1. The summed E-state index contributed by atoms with van der Waals surface area (Å²) in [5.74, 6) is 0. The van der Waals surface area contributed by atoms with Gasteiger partial charge in [0.05, 0.1) is 11.1 Å². The van der Waals surface area contributed by atoms with Crippen LogP contribution in [-0.2, 0) is 5.41 Å². The first-order chi connectivity index (χ1) is 25.8. The molecule has 1 nitrogen and oxygen atoms in total. The van der Waals surface area contributed by atoms with Crippen LogP contribution in [0.25, 0.3) is 51.5 Å². The number of hydrogen-bond acceptors (Lipinski definition) is 3. The Morgan fingerprint density at radius 2 is 0.904 bits per heavy atom. The zero-order chi connectivity index (χ0) is 34.2. The van der Waals surface area contributed by atoms with E-state index >= 15 is 0 Å². The van der Waals surface area contributed by atoms with Crippen LogP contribution >= 0.6 is 22.7 Å². The molecule has 0 saturated heterocycles. The number of hydrogen-bond donors (Lipinski definition) is 0. The van der Waals surface area contributed by atoms with Crippen molar-refractivity contribution in [1.29, 1.82) is 0 Å². The molecule has 11 rings (SSSR count). The summed E-state index contributed by atoms with van der Waals surface area (Å²) in [6, 6.07) is 69.8. The Morgan fingerprint density at radius 3 is 1.65 bits per heavy atom. The second-order valence-electron chi connectivity index (χ2n) is 13.6. The predicted molar refractivity (Wildman–Crippen MR) is 224 cm³/mol. The molecule has 0 fully saturated rings. The summed E-state index contributed by atoms with van der Waals surface area (Å²) in [4.78, 5) is 2.48. The lowest BCUT2D eigenvalue weighted by Crippen LogP contribution is -2.28. The summed E-state index contributed by atoms with van der Waals surface area (Å²) in [5.41, 5.74) is 10.9. The molecular formula is C49H31NS2. The number of nitrogens with zero attached hydrogens (tertiary/aromatic N) is 1. The minimum Gasteiger partial charge on any atom is -0.310 e. The molecule has 0 amide bonds. The van der Waals surface area contributed by atoms with Gasteiger partial charge in [-0.05, 0) is 88.0 Å². The van der Waals surface area contributed by atoms with Crippen LogP contribution in [0.15, 0.2) is 188 Å². The van der Waals surface area contributed by atoms with E-state index in [1.807, 2.05) is 22.7 Å². The summed E-state index contributed by atoms with van der Waals surface area (Å²) >= 11 is 3.73. The van der Waals surface area contributed by atoms with Gasteiger partial charge in [0, 0.05) is 51.7 Å². The average molecular weight is 698 g/mol. The van der Waals surface area contributed by atoms with Gasteiger partial charge in [-0.1, -0.05) is 133 Å². The van der Waals surface area contributed by atoms with Gasteiger partial charge in [0.1, 0.15) is 0 Å². The van der Waals surface area contributed by atoms with Crippen LogP contribution in [-0.4, -0.2) is 0 Å². The molecule has 8 aromatic carbocycles. The Morgan fingerprint density at radius 1 is 0.365 bits per heavy atom. The van der Waals surface area contributed by atoms with E-state index in [2.05, 4.69) is 193 Å². The first-order valence-electron chi connectivity index (χ1n) is 17.8. The predicted octanol–water partition coefficient (Wildman–Crippen LogP) is 14.3. The number of fused-ring (bicyclic) bond motifs is 9. The van der Waals surface area contributed by atoms with Crippen molar-refractivity contribution >= 4 is 80.1 Å². The van der Waals surface area contributed by atoms with E-state index < -0.39 is 5.41 Å². The second-order valence-corrected chi connectivity index (χ2v) is 15.8. The molecule has 1 aliphatic rings.